The highest BCUT2D eigenvalue weighted by Gasteiger charge is 2.29. The number of hydrazine groups is 1. The first kappa shape index (κ1) is 12.3. The van der Waals surface area contributed by atoms with E-state index < -0.39 is 5.60 Å². The fourth-order valence-corrected chi connectivity index (χ4v) is 2.61. The van der Waals surface area contributed by atoms with Gasteiger partial charge in [-0.2, -0.15) is 0 Å². The van der Waals surface area contributed by atoms with Crippen LogP contribution in [0.5, 0.6) is 0 Å². The maximum atomic E-state index is 10.4. The van der Waals surface area contributed by atoms with Crippen LogP contribution in [-0.2, 0) is 0 Å². The van der Waals surface area contributed by atoms with Crippen LogP contribution in [0.4, 0.5) is 0 Å². The van der Waals surface area contributed by atoms with Crippen molar-refractivity contribution in [3.8, 4) is 0 Å². The summed E-state index contributed by atoms with van der Waals surface area (Å²) in [5.74, 6) is 0. The second-order valence-corrected chi connectivity index (χ2v) is 5.41. The molecule has 2 N–H and O–H groups in total. The van der Waals surface area contributed by atoms with E-state index in [2.05, 4.69) is 22.4 Å². The van der Waals surface area contributed by atoms with Crippen molar-refractivity contribution >= 4 is 0 Å². The molecule has 94 valence electrons. The first-order valence-corrected chi connectivity index (χ1v) is 6.57. The first-order valence-electron chi connectivity index (χ1n) is 6.57. The number of hydrogen-bond acceptors (Lipinski definition) is 4. The number of hydrogen-bond donors (Lipinski definition) is 2. The number of nitrogens with one attached hydrogen (secondary N) is 1. The lowest BCUT2D eigenvalue weighted by Crippen LogP contribution is -2.55. The average Bonchev–Trinajstić information content (AvgIpc) is 2.29. The van der Waals surface area contributed by atoms with Crippen molar-refractivity contribution < 1.29 is 5.11 Å². The van der Waals surface area contributed by atoms with E-state index in [1.165, 1.54) is 19.3 Å². The SMILES string of the molecule is CN1CCN(NCC2(O)CCCCC2)CC1. The van der Waals surface area contributed by atoms with Crippen LogP contribution in [0.1, 0.15) is 32.1 Å². The molecule has 1 aliphatic carbocycles. The Hall–Kier alpha value is -0.160. The smallest absolute Gasteiger partial charge is 0.0785 e. The summed E-state index contributed by atoms with van der Waals surface area (Å²) in [5.41, 5.74) is 2.97. The van der Waals surface area contributed by atoms with E-state index in [0.717, 1.165) is 45.6 Å². The third kappa shape index (κ3) is 3.42. The van der Waals surface area contributed by atoms with Gasteiger partial charge in [0, 0.05) is 32.7 Å². The molecule has 4 heteroatoms. The zero-order valence-electron chi connectivity index (χ0n) is 10.4. The van der Waals surface area contributed by atoms with Crippen molar-refractivity contribution in [2.75, 3.05) is 39.8 Å². The van der Waals surface area contributed by atoms with Gasteiger partial charge in [-0.15, -0.1) is 0 Å². The normalized spacial score (nSPS) is 28.1. The Morgan fingerprint density at radius 1 is 1.06 bits per heavy atom. The predicted molar refractivity (Wildman–Crippen MR) is 65.1 cm³/mol. The summed E-state index contributed by atoms with van der Waals surface area (Å²) in [6.07, 6.45) is 5.58. The lowest BCUT2D eigenvalue weighted by Gasteiger charge is -2.37. The summed E-state index contributed by atoms with van der Waals surface area (Å²) < 4.78 is 0. The number of rotatable bonds is 3. The molecule has 1 aliphatic heterocycles. The highest BCUT2D eigenvalue weighted by atomic mass is 16.3. The molecule has 0 bridgehead atoms. The number of aliphatic hydroxyl groups is 1. The van der Waals surface area contributed by atoms with Gasteiger partial charge in [0.2, 0.25) is 0 Å². The molecule has 0 amide bonds. The molecule has 1 saturated carbocycles. The fraction of sp³-hybridized carbons (Fsp3) is 1.00. The van der Waals surface area contributed by atoms with E-state index in [1.807, 2.05) is 0 Å². The second kappa shape index (κ2) is 5.45. The molecule has 2 aliphatic rings. The molecule has 16 heavy (non-hydrogen) atoms. The fourth-order valence-electron chi connectivity index (χ4n) is 2.61. The number of piperazine rings is 1. The lowest BCUT2D eigenvalue weighted by atomic mass is 9.85. The van der Waals surface area contributed by atoms with Gasteiger partial charge in [-0.3, -0.25) is 5.43 Å². The van der Waals surface area contributed by atoms with Gasteiger partial charge in [0.15, 0.2) is 0 Å². The highest BCUT2D eigenvalue weighted by Crippen LogP contribution is 2.27. The molecule has 0 radical (unpaired) electrons. The summed E-state index contributed by atoms with van der Waals surface area (Å²) in [5, 5.41) is 12.6. The molecule has 0 aromatic carbocycles. The third-order valence-electron chi connectivity index (χ3n) is 3.92. The summed E-state index contributed by atoms with van der Waals surface area (Å²) in [6.45, 7) is 5.09. The highest BCUT2D eigenvalue weighted by molar-refractivity contribution is 4.84. The van der Waals surface area contributed by atoms with Gasteiger partial charge in [-0.1, -0.05) is 19.3 Å². The first-order chi connectivity index (χ1) is 7.68. The minimum Gasteiger partial charge on any atom is -0.389 e. The van der Waals surface area contributed by atoms with Gasteiger partial charge in [0.25, 0.3) is 0 Å². The molecule has 0 spiro atoms. The number of nitrogens with zero attached hydrogens (tertiary/aromatic N) is 2. The van der Waals surface area contributed by atoms with Crippen molar-refractivity contribution in [2.45, 2.75) is 37.7 Å². The van der Waals surface area contributed by atoms with Crippen molar-refractivity contribution in [1.29, 1.82) is 0 Å². The van der Waals surface area contributed by atoms with Crippen molar-refractivity contribution in [2.24, 2.45) is 0 Å². The molecular weight excluding hydrogens is 202 g/mol. The third-order valence-corrected chi connectivity index (χ3v) is 3.92. The molecule has 2 rings (SSSR count). The van der Waals surface area contributed by atoms with Crippen LogP contribution in [-0.4, -0.2) is 60.4 Å². The Balaban J connectivity index is 1.70. The van der Waals surface area contributed by atoms with Gasteiger partial charge < -0.3 is 10.0 Å². The lowest BCUT2D eigenvalue weighted by molar-refractivity contribution is -0.0197. The van der Waals surface area contributed by atoms with E-state index in [-0.39, 0.29) is 0 Å². The van der Waals surface area contributed by atoms with Gasteiger partial charge in [0.1, 0.15) is 0 Å². The van der Waals surface area contributed by atoms with Crippen LogP contribution in [0.25, 0.3) is 0 Å². The molecule has 0 atom stereocenters. The van der Waals surface area contributed by atoms with E-state index >= 15 is 0 Å². The molecule has 0 aromatic rings. The Kier molecular flexibility index (Phi) is 4.19. The van der Waals surface area contributed by atoms with E-state index in [9.17, 15) is 5.11 Å². The average molecular weight is 227 g/mol. The minimum absolute atomic E-state index is 0.443. The second-order valence-electron chi connectivity index (χ2n) is 5.41. The molecular formula is C12H25N3O. The molecule has 2 fully saturated rings. The summed E-state index contributed by atoms with van der Waals surface area (Å²) in [6, 6.07) is 0. The summed E-state index contributed by atoms with van der Waals surface area (Å²) >= 11 is 0. The Bertz CT molecular complexity index is 208. The van der Waals surface area contributed by atoms with Gasteiger partial charge in [-0.25, -0.2) is 5.01 Å². The topological polar surface area (TPSA) is 38.7 Å². The summed E-state index contributed by atoms with van der Waals surface area (Å²) in [7, 11) is 2.16. The van der Waals surface area contributed by atoms with Gasteiger partial charge >= 0.3 is 0 Å². The van der Waals surface area contributed by atoms with Crippen LogP contribution in [0, 0.1) is 0 Å². The Labute approximate surface area is 98.6 Å². The van der Waals surface area contributed by atoms with Gasteiger partial charge in [-0.05, 0) is 19.9 Å². The predicted octanol–water partition coefficient (Wildman–Crippen LogP) is 0.434. The van der Waals surface area contributed by atoms with Crippen molar-refractivity contribution in [1.82, 2.24) is 15.3 Å². The quantitative estimate of drug-likeness (QED) is 0.733. The van der Waals surface area contributed by atoms with Crippen LogP contribution < -0.4 is 5.43 Å². The van der Waals surface area contributed by atoms with Gasteiger partial charge in [0.05, 0.1) is 5.60 Å². The maximum Gasteiger partial charge on any atom is 0.0785 e. The monoisotopic (exact) mass is 227 g/mol. The molecule has 0 aromatic heterocycles. The standard InChI is InChI=1S/C12H25N3O/c1-14-7-9-15(10-8-14)13-11-12(16)5-3-2-4-6-12/h13,16H,2-11H2,1H3. The van der Waals surface area contributed by atoms with Crippen LogP contribution >= 0.6 is 0 Å². The molecule has 0 unspecified atom stereocenters. The molecule has 1 heterocycles. The Morgan fingerprint density at radius 2 is 1.69 bits per heavy atom. The van der Waals surface area contributed by atoms with E-state index in [0.29, 0.717) is 0 Å². The molecule has 4 nitrogen and oxygen atoms in total. The maximum absolute atomic E-state index is 10.4. The van der Waals surface area contributed by atoms with Crippen LogP contribution in [0.3, 0.4) is 0 Å². The number of likely N-dealkylation sites (N-methyl/N-ethyl adjacent to an activating group) is 1. The largest absolute Gasteiger partial charge is 0.389 e. The summed E-state index contributed by atoms with van der Waals surface area (Å²) in [4.78, 5) is 2.34. The van der Waals surface area contributed by atoms with Crippen molar-refractivity contribution in [3.63, 3.8) is 0 Å². The van der Waals surface area contributed by atoms with Crippen molar-refractivity contribution in [3.05, 3.63) is 0 Å². The molecule has 1 saturated heterocycles. The van der Waals surface area contributed by atoms with E-state index in [1.54, 1.807) is 0 Å². The van der Waals surface area contributed by atoms with Crippen LogP contribution in [0.15, 0.2) is 0 Å². The van der Waals surface area contributed by atoms with Crippen LogP contribution in [0.2, 0.25) is 0 Å². The van der Waals surface area contributed by atoms with E-state index in [4.69, 9.17) is 0 Å². The minimum atomic E-state index is -0.443. The zero-order chi connectivity index (χ0) is 11.4. The zero-order valence-corrected chi connectivity index (χ0v) is 10.4. The Morgan fingerprint density at radius 3 is 2.31 bits per heavy atom.